The van der Waals surface area contributed by atoms with E-state index in [-0.39, 0.29) is 6.54 Å². The fourth-order valence-electron chi connectivity index (χ4n) is 4.66. The minimum absolute atomic E-state index is 0.216. The van der Waals surface area contributed by atoms with Gasteiger partial charge in [-0.3, -0.25) is 0 Å². The largest absolute Gasteiger partial charge is 0.416 e. The third-order valence-electron chi connectivity index (χ3n) is 6.42. The van der Waals surface area contributed by atoms with E-state index in [1.54, 1.807) is 0 Å². The van der Waals surface area contributed by atoms with Crippen molar-refractivity contribution in [3.63, 3.8) is 0 Å². The number of aromatic nitrogens is 1. The van der Waals surface area contributed by atoms with Gasteiger partial charge in [0.05, 0.1) is 11.1 Å². The molecule has 4 nitrogen and oxygen atoms in total. The van der Waals surface area contributed by atoms with E-state index in [2.05, 4.69) is 27.7 Å². The zero-order valence-electron chi connectivity index (χ0n) is 19.4. The molecule has 182 valence electrons. The SMILES string of the molecule is CN(C)c1cc(NC2CCC(CNCc3cc(F)cc(C(F)(F)F)c3)CC2)nc2ccccc12. The smallest absolute Gasteiger partial charge is 0.377 e. The molecule has 0 saturated heterocycles. The first-order valence-corrected chi connectivity index (χ1v) is 11.6. The first kappa shape index (κ1) is 24.3. The molecule has 1 fully saturated rings. The van der Waals surface area contributed by atoms with Crippen molar-refractivity contribution in [1.29, 1.82) is 0 Å². The van der Waals surface area contributed by atoms with Crippen molar-refractivity contribution in [3.8, 4) is 0 Å². The molecular weight excluding hydrogens is 444 g/mol. The summed E-state index contributed by atoms with van der Waals surface area (Å²) in [6.07, 6.45) is -0.534. The Morgan fingerprint density at radius 1 is 1.00 bits per heavy atom. The van der Waals surface area contributed by atoms with Gasteiger partial charge in [-0.15, -0.1) is 0 Å². The van der Waals surface area contributed by atoms with E-state index in [0.29, 0.717) is 30.1 Å². The van der Waals surface area contributed by atoms with E-state index in [1.165, 1.54) is 0 Å². The maximum atomic E-state index is 13.6. The molecule has 8 heteroatoms. The highest BCUT2D eigenvalue weighted by atomic mass is 19.4. The number of nitrogens with zero attached hydrogens (tertiary/aromatic N) is 2. The molecule has 0 unspecified atom stereocenters. The molecule has 0 atom stereocenters. The van der Waals surface area contributed by atoms with Gasteiger partial charge in [-0.1, -0.05) is 18.2 Å². The molecule has 4 rings (SSSR count). The van der Waals surface area contributed by atoms with Gasteiger partial charge in [0.2, 0.25) is 0 Å². The van der Waals surface area contributed by atoms with Crippen LogP contribution in [-0.4, -0.2) is 31.7 Å². The van der Waals surface area contributed by atoms with Crippen molar-refractivity contribution >= 4 is 22.4 Å². The zero-order chi connectivity index (χ0) is 24.3. The molecule has 0 amide bonds. The molecule has 1 aromatic heterocycles. The molecular formula is C26H30F4N4. The van der Waals surface area contributed by atoms with Gasteiger partial charge < -0.3 is 15.5 Å². The van der Waals surface area contributed by atoms with Crippen LogP contribution in [0.25, 0.3) is 10.9 Å². The lowest BCUT2D eigenvalue weighted by Crippen LogP contribution is -2.31. The van der Waals surface area contributed by atoms with Gasteiger partial charge in [-0.2, -0.15) is 13.2 Å². The summed E-state index contributed by atoms with van der Waals surface area (Å²) in [6.45, 7) is 0.914. The van der Waals surface area contributed by atoms with Crippen LogP contribution < -0.4 is 15.5 Å². The van der Waals surface area contributed by atoms with Crippen LogP contribution in [0.5, 0.6) is 0 Å². The minimum Gasteiger partial charge on any atom is -0.377 e. The number of nitrogens with one attached hydrogen (secondary N) is 2. The third-order valence-corrected chi connectivity index (χ3v) is 6.42. The number of alkyl halides is 3. The molecule has 3 aromatic rings. The number of pyridine rings is 1. The first-order chi connectivity index (χ1) is 16.2. The van der Waals surface area contributed by atoms with Gasteiger partial charge in [0, 0.05) is 43.8 Å². The van der Waals surface area contributed by atoms with E-state index in [0.717, 1.165) is 60.2 Å². The third kappa shape index (κ3) is 5.97. The molecule has 0 radical (unpaired) electrons. The summed E-state index contributed by atoms with van der Waals surface area (Å²) in [5.41, 5.74) is 1.44. The van der Waals surface area contributed by atoms with E-state index in [4.69, 9.17) is 4.98 Å². The van der Waals surface area contributed by atoms with Crippen LogP contribution in [0.15, 0.2) is 48.5 Å². The molecule has 0 bridgehead atoms. The van der Waals surface area contributed by atoms with Crippen LogP contribution in [0, 0.1) is 11.7 Å². The van der Waals surface area contributed by atoms with E-state index >= 15 is 0 Å². The summed E-state index contributed by atoms with van der Waals surface area (Å²) in [5.74, 6) is 0.448. The fourth-order valence-corrected chi connectivity index (χ4v) is 4.66. The van der Waals surface area contributed by atoms with Gasteiger partial charge in [0.25, 0.3) is 0 Å². The van der Waals surface area contributed by atoms with Crippen molar-refractivity contribution < 1.29 is 17.6 Å². The molecule has 34 heavy (non-hydrogen) atoms. The molecule has 1 saturated carbocycles. The number of benzene rings is 2. The van der Waals surface area contributed by atoms with Crippen LogP contribution in [0.3, 0.4) is 0 Å². The van der Waals surface area contributed by atoms with Crippen molar-refractivity contribution in [1.82, 2.24) is 10.3 Å². The number of hydrogen-bond donors (Lipinski definition) is 2. The van der Waals surface area contributed by atoms with Gasteiger partial charge in [-0.25, -0.2) is 9.37 Å². The molecule has 0 aliphatic heterocycles. The number of rotatable bonds is 7. The summed E-state index contributed by atoms with van der Waals surface area (Å²) in [7, 11) is 4.05. The average molecular weight is 475 g/mol. The topological polar surface area (TPSA) is 40.2 Å². The van der Waals surface area contributed by atoms with Crippen molar-refractivity contribution in [2.45, 2.75) is 44.4 Å². The monoisotopic (exact) mass is 474 g/mol. The fraction of sp³-hybridized carbons (Fsp3) is 0.423. The Hall–Kier alpha value is -2.87. The van der Waals surface area contributed by atoms with E-state index in [1.807, 2.05) is 32.3 Å². The normalized spacial score (nSPS) is 18.8. The predicted octanol–water partition coefficient (Wildman–Crippen LogP) is 6.22. The second-order valence-electron chi connectivity index (χ2n) is 9.28. The van der Waals surface area contributed by atoms with Crippen LogP contribution in [0.4, 0.5) is 29.1 Å². The Balaban J connectivity index is 1.29. The van der Waals surface area contributed by atoms with Crippen molar-refractivity contribution in [2.75, 3.05) is 30.9 Å². The standard InChI is InChI=1S/C26H30F4N4/c1-34(2)24-14-25(33-23-6-4-3-5-22(23)24)32-21-9-7-17(8-10-21)15-31-16-18-11-19(26(28,29)30)13-20(27)12-18/h3-6,11-14,17,21,31H,7-10,15-16H2,1-2H3,(H,32,33). The Labute approximate surface area is 197 Å². The summed E-state index contributed by atoms with van der Waals surface area (Å²) < 4.78 is 52.3. The van der Waals surface area contributed by atoms with Crippen LogP contribution >= 0.6 is 0 Å². The van der Waals surface area contributed by atoms with Gasteiger partial charge in [-0.05, 0) is 68.0 Å². The summed E-state index contributed by atoms with van der Waals surface area (Å²) in [6, 6.07) is 13.2. The Kier molecular flexibility index (Phi) is 7.26. The summed E-state index contributed by atoms with van der Waals surface area (Å²) >= 11 is 0. The second-order valence-corrected chi connectivity index (χ2v) is 9.28. The maximum absolute atomic E-state index is 13.6. The highest BCUT2D eigenvalue weighted by Gasteiger charge is 2.31. The number of fused-ring (bicyclic) bond motifs is 1. The first-order valence-electron chi connectivity index (χ1n) is 11.6. The molecule has 1 aliphatic rings. The molecule has 0 spiro atoms. The van der Waals surface area contributed by atoms with Gasteiger partial charge >= 0.3 is 6.18 Å². The van der Waals surface area contributed by atoms with E-state index < -0.39 is 17.6 Å². The number of para-hydroxylation sites is 1. The number of anilines is 2. The number of halogens is 4. The van der Waals surface area contributed by atoms with Crippen molar-refractivity contribution in [2.24, 2.45) is 5.92 Å². The summed E-state index contributed by atoms with van der Waals surface area (Å²) in [4.78, 5) is 6.88. The molecule has 1 heterocycles. The lowest BCUT2D eigenvalue weighted by Gasteiger charge is -2.30. The second kappa shape index (κ2) is 10.2. The molecule has 1 aliphatic carbocycles. The Bertz CT molecular complexity index is 1120. The Morgan fingerprint density at radius 3 is 2.44 bits per heavy atom. The van der Waals surface area contributed by atoms with Crippen LogP contribution in [0.1, 0.15) is 36.8 Å². The molecule has 2 N–H and O–H groups in total. The maximum Gasteiger partial charge on any atom is 0.416 e. The zero-order valence-corrected chi connectivity index (χ0v) is 19.4. The Morgan fingerprint density at radius 2 is 1.74 bits per heavy atom. The van der Waals surface area contributed by atoms with Gasteiger partial charge in [0.15, 0.2) is 0 Å². The highest BCUT2D eigenvalue weighted by molar-refractivity contribution is 5.93. The average Bonchev–Trinajstić information content (AvgIpc) is 2.79. The molecule has 2 aromatic carbocycles. The van der Waals surface area contributed by atoms with Crippen LogP contribution in [0.2, 0.25) is 0 Å². The van der Waals surface area contributed by atoms with Crippen LogP contribution in [-0.2, 0) is 12.7 Å². The highest BCUT2D eigenvalue weighted by Crippen LogP contribution is 2.32. The summed E-state index contributed by atoms with van der Waals surface area (Å²) in [5, 5.41) is 7.92. The van der Waals surface area contributed by atoms with Gasteiger partial charge in [0.1, 0.15) is 11.6 Å². The minimum atomic E-state index is -4.55. The predicted molar refractivity (Wildman–Crippen MR) is 129 cm³/mol. The van der Waals surface area contributed by atoms with Crippen molar-refractivity contribution in [3.05, 3.63) is 65.5 Å². The lowest BCUT2D eigenvalue weighted by atomic mass is 9.86. The lowest BCUT2D eigenvalue weighted by molar-refractivity contribution is -0.137. The van der Waals surface area contributed by atoms with E-state index in [9.17, 15) is 17.6 Å². The number of hydrogen-bond acceptors (Lipinski definition) is 4. The quantitative estimate of drug-likeness (QED) is 0.399.